The summed E-state index contributed by atoms with van der Waals surface area (Å²) in [6.07, 6.45) is 4.23. The Bertz CT molecular complexity index is 1280. The number of pyridine rings is 1. The van der Waals surface area contributed by atoms with Gasteiger partial charge in [0.25, 0.3) is 0 Å². The van der Waals surface area contributed by atoms with Crippen molar-refractivity contribution in [3.05, 3.63) is 89.4 Å². The Balaban J connectivity index is 1.43. The lowest BCUT2D eigenvalue weighted by atomic mass is 10.1. The number of carboxylic acid groups (broad SMARTS) is 1. The first-order chi connectivity index (χ1) is 15.5. The van der Waals surface area contributed by atoms with Crippen molar-refractivity contribution in [2.75, 3.05) is 0 Å². The highest BCUT2D eigenvalue weighted by atomic mass is 16.5. The van der Waals surface area contributed by atoms with Gasteiger partial charge in [-0.25, -0.2) is 4.98 Å². The van der Waals surface area contributed by atoms with Gasteiger partial charge in [-0.3, -0.25) is 9.78 Å². The standard InChI is InChI=1S/C24H20N4O4/c1-16(29)24-25-10-11-28(24)15-21-12-22(32-27-21)19-7-4-17(5-8-19)2-3-18-6-9-20(26-14-18)13-23(30)31/h4-12,14,16,29H,13,15H2,1H3,(H,30,31)/t16-/m0/s1. The molecule has 8 heteroatoms. The molecule has 0 amide bonds. The van der Waals surface area contributed by atoms with Crippen molar-refractivity contribution in [2.45, 2.75) is 26.0 Å². The molecule has 3 heterocycles. The highest BCUT2D eigenvalue weighted by Crippen LogP contribution is 2.22. The topological polar surface area (TPSA) is 114 Å². The van der Waals surface area contributed by atoms with Gasteiger partial charge < -0.3 is 19.3 Å². The van der Waals surface area contributed by atoms with Crippen LogP contribution in [0.2, 0.25) is 0 Å². The first kappa shape index (κ1) is 21.0. The molecule has 8 nitrogen and oxygen atoms in total. The minimum Gasteiger partial charge on any atom is -0.481 e. The zero-order valence-electron chi connectivity index (χ0n) is 17.3. The molecule has 0 fully saturated rings. The largest absolute Gasteiger partial charge is 0.481 e. The predicted molar refractivity (Wildman–Crippen MR) is 115 cm³/mol. The number of benzene rings is 1. The molecule has 0 aliphatic carbocycles. The summed E-state index contributed by atoms with van der Waals surface area (Å²) in [5.74, 6) is 6.38. The number of aliphatic carboxylic acids is 1. The number of rotatable bonds is 6. The number of aliphatic hydroxyl groups is 1. The zero-order valence-corrected chi connectivity index (χ0v) is 17.3. The Hall–Kier alpha value is -4.22. The SMILES string of the molecule is C[C@H](O)c1nccn1Cc1cc(-c2ccc(C#Cc3ccc(CC(=O)O)nc3)cc2)on1. The van der Waals surface area contributed by atoms with E-state index in [-0.39, 0.29) is 6.42 Å². The highest BCUT2D eigenvalue weighted by molar-refractivity contribution is 5.69. The van der Waals surface area contributed by atoms with E-state index in [4.69, 9.17) is 9.63 Å². The quantitative estimate of drug-likeness (QED) is 0.454. The van der Waals surface area contributed by atoms with Gasteiger partial charge in [0.2, 0.25) is 0 Å². The number of imidazole rings is 1. The fraction of sp³-hybridized carbons (Fsp3) is 0.167. The van der Waals surface area contributed by atoms with Crippen LogP contribution in [-0.4, -0.2) is 35.9 Å². The van der Waals surface area contributed by atoms with E-state index in [2.05, 4.69) is 27.0 Å². The lowest BCUT2D eigenvalue weighted by molar-refractivity contribution is -0.136. The zero-order chi connectivity index (χ0) is 22.5. The Labute approximate surface area is 184 Å². The molecule has 0 aliphatic heterocycles. The smallest absolute Gasteiger partial charge is 0.309 e. The van der Waals surface area contributed by atoms with Crippen LogP contribution in [0.5, 0.6) is 0 Å². The van der Waals surface area contributed by atoms with E-state index in [1.807, 2.05) is 34.9 Å². The van der Waals surface area contributed by atoms with Crippen LogP contribution < -0.4 is 0 Å². The number of carbonyl (C=O) groups is 1. The molecule has 0 spiro atoms. The Morgan fingerprint density at radius 3 is 2.53 bits per heavy atom. The van der Waals surface area contributed by atoms with Gasteiger partial charge in [0.05, 0.1) is 18.7 Å². The summed E-state index contributed by atoms with van der Waals surface area (Å²) in [5, 5.41) is 22.7. The fourth-order valence-electron chi connectivity index (χ4n) is 3.14. The molecule has 1 atom stereocenters. The molecular weight excluding hydrogens is 408 g/mol. The second-order valence-electron chi connectivity index (χ2n) is 7.21. The third kappa shape index (κ3) is 5.09. The summed E-state index contributed by atoms with van der Waals surface area (Å²) in [7, 11) is 0. The van der Waals surface area contributed by atoms with Crippen LogP contribution in [0.1, 0.15) is 41.4 Å². The molecule has 0 saturated carbocycles. The minimum atomic E-state index is -0.915. The summed E-state index contributed by atoms with van der Waals surface area (Å²) in [6.45, 7) is 2.12. The van der Waals surface area contributed by atoms with Crippen molar-refractivity contribution in [3.63, 3.8) is 0 Å². The number of hydrogen-bond donors (Lipinski definition) is 2. The van der Waals surface area contributed by atoms with Crippen LogP contribution in [-0.2, 0) is 17.8 Å². The first-order valence-corrected chi connectivity index (χ1v) is 9.92. The molecule has 4 aromatic rings. The van der Waals surface area contributed by atoms with Crippen LogP contribution in [0.25, 0.3) is 11.3 Å². The number of nitrogens with zero attached hydrogens (tertiary/aromatic N) is 4. The number of aromatic nitrogens is 4. The van der Waals surface area contributed by atoms with Crippen molar-refractivity contribution in [1.29, 1.82) is 0 Å². The van der Waals surface area contributed by atoms with Crippen LogP contribution in [0, 0.1) is 11.8 Å². The first-order valence-electron chi connectivity index (χ1n) is 9.92. The van der Waals surface area contributed by atoms with Gasteiger partial charge >= 0.3 is 5.97 Å². The van der Waals surface area contributed by atoms with Crippen LogP contribution in [0.4, 0.5) is 0 Å². The van der Waals surface area contributed by atoms with E-state index in [0.29, 0.717) is 29.4 Å². The van der Waals surface area contributed by atoms with Crippen LogP contribution >= 0.6 is 0 Å². The Morgan fingerprint density at radius 1 is 1.09 bits per heavy atom. The maximum absolute atomic E-state index is 10.7. The lowest BCUT2D eigenvalue weighted by Gasteiger charge is -2.07. The molecule has 3 aromatic heterocycles. The van der Waals surface area contributed by atoms with E-state index in [1.54, 1.807) is 37.6 Å². The Kier molecular flexibility index (Phi) is 6.10. The monoisotopic (exact) mass is 428 g/mol. The van der Waals surface area contributed by atoms with Crippen molar-refractivity contribution in [3.8, 4) is 23.2 Å². The highest BCUT2D eigenvalue weighted by Gasteiger charge is 2.12. The second-order valence-corrected chi connectivity index (χ2v) is 7.21. The van der Waals surface area contributed by atoms with Crippen molar-refractivity contribution < 1.29 is 19.5 Å². The summed E-state index contributed by atoms with van der Waals surface area (Å²) in [5.41, 5.74) is 3.62. The van der Waals surface area contributed by atoms with Crippen molar-refractivity contribution in [2.24, 2.45) is 0 Å². The normalized spacial score (nSPS) is 11.6. The minimum absolute atomic E-state index is 0.109. The second kappa shape index (κ2) is 9.29. The Morgan fingerprint density at radius 2 is 1.84 bits per heavy atom. The average Bonchev–Trinajstić information content (AvgIpc) is 3.43. The number of aliphatic hydroxyl groups excluding tert-OH is 1. The third-order valence-electron chi connectivity index (χ3n) is 4.69. The van der Waals surface area contributed by atoms with Crippen molar-refractivity contribution >= 4 is 5.97 Å². The molecule has 4 rings (SSSR count). The van der Waals surface area contributed by atoms with Gasteiger partial charge in [-0.2, -0.15) is 0 Å². The maximum Gasteiger partial charge on any atom is 0.309 e. The third-order valence-corrected chi connectivity index (χ3v) is 4.69. The molecule has 1 aromatic carbocycles. The van der Waals surface area contributed by atoms with E-state index in [1.165, 1.54) is 0 Å². The molecule has 160 valence electrons. The molecule has 2 N–H and O–H groups in total. The molecule has 32 heavy (non-hydrogen) atoms. The van der Waals surface area contributed by atoms with Gasteiger partial charge in [0, 0.05) is 41.3 Å². The predicted octanol–water partition coefficient (Wildman–Crippen LogP) is 3.06. The summed E-state index contributed by atoms with van der Waals surface area (Å²) in [6, 6.07) is 12.9. The van der Waals surface area contributed by atoms with Gasteiger partial charge in [-0.05, 0) is 43.3 Å². The van der Waals surface area contributed by atoms with Gasteiger partial charge in [0.15, 0.2) is 5.76 Å². The number of hydrogen-bond acceptors (Lipinski definition) is 6. The molecule has 0 unspecified atom stereocenters. The van der Waals surface area contributed by atoms with Gasteiger partial charge in [-0.1, -0.05) is 17.0 Å². The fourth-order valence-corrected chi connectivity index (χ4v) is 3.14. The molecule has 0 saturated heterocycles. The molecule has 0 aliphatic rings. The van der Waals surface area contributed by atoms with Crippen molar-refractivity contribution in [1.82, 2.24) is 19.7 Å². The van der Waals surface area contributed by atoms with Crippen LogP contribution in [0.3, 0.4) is 0 Å². The summed E-state index contributed by atoms with van der Waals surface area (Å²) in [4.78, 5) is 19.0. The van der Waals surface area contributed by atoms with E-state index >= 15 is 0 Å². The number of carboxylic acids is 1. The molecular formula is C24H20N4O4. The molecule has 0 radical (unpaired) electrons. The van der Waals surface area contributed by atoms with E-state index in [9.17, 15) is 9.90 Å². The van der Waals surface area contributed by atoms with E-state index < -0.39 is 12.1 Å². The lowest BCUT2D eigenvalue weighted by Crippen LogP contribution is -2.07. The maximum atomic E-state index is 10.7. The summed E-state index contributed by atoms with van der Waals surface area (Å²) < 4.78 is 7.30. The van der Waals surface area contributed by atoms with Crippen LogP contribution in [0.15, 0.2) is 65.6 Å². The van der Waals surface area contributed by atoms with Gasteiger partial charge in [0.1, 0.15) is 17.6 Å². The molecule has 0 bridgehead atoms. The summed E-state index contributed by atoms with van der Waals surface area (Å²) >= 11 is 0. The van der Waals surface area contributed by atoms with E-state index in [0.717, 1.165) is 16.8 Å². The van der Waals surface area contributed by atoms with Gasteiger partial charge in [-0.15, -0.1) is 0 Å². The average molecular weight is 428 g/mol.